The van der Waals surface area contributed by atoms with Crippen LogP contribution in [0.5, 0.6) is 5.88 Å². The molecular weight excluding hydrogens is 370 g/mol. The van der Waals surface area contributed by atoms with Crippen LogP contribution in [0.15, 0.2) is 39.4 Å². The first-order valence-corrected chi connectivity index (χ1v) is 7.64. The van der Waals surface area contributed by atoms with Gasteiger partial charge in [0.2, 0.25) is 5.88 Å². The van der Waals surface area contributed by atoms with Crippen LogP contribution < -0.4 is 4.74 Å². The topological polar surface area (TPSA) is 98.7 Å². The minimum atomic E-state index is -0.675. The molecule has 0 aromatic carbocycles. The Morgan fingerprint density at radius 1 is 1.48 bits per heavy atom. The van der Waals surface area contributed by atoms with Crippen LogP contribution in [0.25, 0.3) is 0 Å². The molecule has 3 rings (SSSR count). The van der Waals surface area contributed by atoms with E-state index in [1.54, 1.807) is 17.2 Å². The van der Waals surface area contributed by atoms with Crippen molar-refractivity contribution in [3.8, 4) is 5.88 Å². The van der Waals surface area contributed by atoms with Crippen molar-refractivity contribution in [1.29, 1.82) is 0 Å². The first-order valence-electron chi connectivity index (χ1n) is 6.85. The smallest absolute Gasteiger partial charge is 0.433 e. The SMILES string of the molecule is O=C(c1ccc([N+](=O)[O-])o1)N1CCC(Oc2ncccc2Br)C1. The van der Waals surface area contributed by atoms with Gasteiger partial charge < -0.3 is 14.1 Å². The Labute approximate surface area is 139 Å². The van der Waals surface area contributed by atoms with E-state index in [4.69, 9.17) is 9.15 Å². The number of hydrogen-bond donors (Lipinski definition) is 0. The summed E-state index contributed by atoms with van der Waals surface area (Å²) in [5.41, 5.74) is 0. The van der Waals surface area contributed by atoms with Crippen LogP contribution in [-0.4, -0.2) is 39.9 Å². The van der Waals surface area contributed by atoms with Crippen molar-refractivity contribution in [3.05, 3.63) is 50.8 Å². The lowest BCUT2D eigenvalue weighted by Crippen LogP contribution is -2.30. The molecular formula is C14H12BrN3O5. The highest BCUT2D eigenvalue weighted by atomic mass is 79.9. The molecule has 2 aromatic rings. The monoisotopic (exact) mass is 381 g/mol. The second kappa shape index (κ2) is 6.37. The highest BCUT2D eigenvalue weighted by molar-refractivity contribution is 9.10. The maximum absolute atomic E-state index is 12.3. The molecule has 1 aliphatic rings. The molecule has 9 heteroatoms. The summed E-state index contributed by atoms with van der Waals surface area (Å²) < 4.78 is 11.5. The van der Waals surface area contributed by atoms with Gasteiger partial charge in [0.05, 0.1) is 17.1 Å². The molecule has 8 nitrogen and oxygen atoms in total. The van der Waals surface area contributed by atoms with E-state index in [1.807, 2.05) is 6.07 Å². The van der Waals surface area contributed by atoms with Crippen molar-refractivity contribution in [2.24, 2.45) is 0 Å². The number of nitro groups is 1. The van der Waals surface area contributed by atoms with E-state index in [9.17, 15) is 14.9 Å². The number of halogens is 1. The molecule has 0 aliphatic carbocycles. The number of nitrogens with zero attached hydrogens (tertiary/aromatic N) is 3. The average molecular weight is 382 g/mol. The van der Waals surface area contributed by atoms with Gasteiger partial charge in [0.25, 0.3) is 5.91 Å². The Morgan fingerprint density at radius 2 is 2.30 bits per heavy atom. The van der Waals surface area contributed by atoms with Gasteiger partial charge in [0.1, 0.15) is 11.0 Å². The molecule has 2 aromatic heterocycles. The second-order valence-corrected chi connectivity index (χ2v) is 5.82. The summed E-state index contributed by atoms with van der Waals surface area (Å²) >= 11 is 3.35. The number of pyridine rings is 1. The van der Waals surface area contributed by atoms with Crippen LogP contribution in [0.3, 0.4) is 0 Å². The zero-order valence-electron chi connectivity index (χ0n) is 11.8. The van der Waals surface area contributed by atoms with Gasteiger partial charge in [0, 0.05) is 19.2 Å². The summed E-state index contributed by atoms with van der Waals surface area (Å²) in [5, 5.41) is 10.6. The Morgan fingerprint density at radius 3 is 3.00 bits per heavy atom. The predicted octanol–water partition coefficient (Wildman–Crippen LogP) is 2.64. The van der Waals surface area contributed by atoms with Crippen LogP contribution in [-0.2, 0) is 0 Å². The molecule has 0 radical (unpaired) electrons. The van der Waals surface area contributed by atoms with Crippen molar-refractivity contribution >= 4 is 27.7 Å². The molecule has 1 atom stereocenters. The third-order valence-corrected chi connectivity index (χ3v) is 4.02. The number of carbonyl (C=O) groups is 1. The lowest BCUT2D eigenvalue weighted by Gasteiger charge is -2.16. The third kappa shape index (κ3) is 3.34. The van der Waals surface area contributed by atoms with Crippen molar-refractivity contribution < 1.29 is 18.9 Å². The molecule has 23 heavy (non-hydrogen) atoms. The van der Waals surface area contributed by atoms with Gasteiger partial charge in [-0.1, -0.05) is 0 Å². The summed E-state index contributed by atoms with van der Waals surface area (Å²) in [4.78, 5) is 27.9. The summed E-state index contributed by atoms with van der Waals surface area (Å²) in [7, 11) is 0. The van der Waals surface area contributed by atoms with Crippen molar-refractivity contribution in [2.75, 3.05) is 13.1 Å². The quantitative estimate of drug-likeness (QED) is 0.596. The van der Waals surface area contributed by atoms with E-state index in [0.29, 0.717) is 25.4 Å². The second-order valence-electron chi connectivity index (χ2n) is 4.97. The van der Waals surface area contributed by atoms with E-state index < -0.39 is 10.8 Å². The predicted molar refractivity (Wildman–Crippen MR) is 82.2 cm³/mol. The number of amides is 1. The fraction of sp³-hybridized carbons (Fsp3) is 0.286. The molecule has 0 saturated carbocycles. The van der Waals surface area contributed by atoms with Crippen LogP contribution in [0.4, 0.5) is 5.88 Å². The average Bonchev–Trinajstić information content (AvgIpc) is 3.18. The van der Waals surface area contributed by atoms with Crippen LogP contribution in [0.2, 0.25) is 0 Å². The molecule has 1 aliphatic heterocycles. The minimum Gasteiger partial charge on any atom is -0.472 e. The zero-order valence-corrected chi connectivity index (χ0v) is 13.4. The maximum atomic E-state index is 12.3. The van der Waals surface area contributed by atoms with Crippen LogP contribution in [0, 0.1) is 10.1 Å². The van der Waals surface area contributed by atoms with Gasteiger partial charge in [-0.25, -0.2) is 4.98 Å². The van der Waals surface area contributed by atoms with Crippen LogP contribution in [0.1, 0.15) is 17.0 Å². The van der Waals surface area contributed by atoms with Gasteiger partial charge >= 0.3 is 5.88 Å². The number of aromatic nitrogens is 1. The normalized spacial score (nSPS) is 17.3. The van der Waals surface area contributed by atoms with Crippen molar-refractivity contribution in [1.82, 2.24) is 9.88 Å². The van der Waals surface area contributed by atoms with Gasteiger partial charge in [-0.05, 0) is 34.1 Å². The number of carbonyl (C=O) groups excluding carboxylic acids is 1. The van der Waals surface area contributed by atoms with Crippen LogP contribution >= 0.6 is 15.9 Å². The highest BCUT2D eigenvalue weighted by Gasteiger charge is 2.31. The third-order valence-electron chi connectivity index (χ3n) is 3.42. The highest BCUT2D eigenvalue weighted by Crippen LogP contribution is 2.25. The van der Waals surface area contributed by atoms with Gasteiger partial charge in [-0.3, -0.25) is 14.9 Å². The van der Waals surface area contributed by atoms with E-state index in [0.717, 1.165) is 4.47 Å². The standard InChI is InChI=1S/C14H12BrN3O5/c15-10-2-1-6-16-13(10)22-9-5-7-17(8-9)14(19)11-3-4-12(23-11)18(20)21/h1-4,6,9H,5,7-8H2. The largest absolute Gasteiger partial charge is 0.472 e. The fourth-order valence-electron chi connectivity index (χ4n) is 2.32. The Balaban J connectivity index is 1.64. The lowest BCUT2D eigenvalue weighted by molar-refractivity contribution is -0.402. The lowest BCUT2D eigenvalue weighted by atomic mass is 10.3. The zero-order chi connectivity index (χ0) is 16.4. The molecule has 1 fully saturated rings. The summed E-state index contributed by atoms with van der Waals surface area (Å²) in [5.74, 6) is -0.404. The van der Waals surface area contributed by atoms with Gasteiger partial charge in [0.15, 0.2) is 5.76 Å². The molecule has 120 valence electrons. The fourth-order valence-corrected chi connectivity index (χ4v) is 2.67. The number of hydrogen-bond acceptors (Lipinski definition) is 6. The Bertz CT molecular complexity index is 748. The van der Waals surface area contributed by atoms with E-state index in [1.165, 1.54) is 12.1 Å². The first-order chi connectivity index (χ1) is 11.0. The molecule has 1 unspecified atom stereocenters. The minimum absolute atomic E-state index is 0.0450. The van der Waals surface area contributed by atoms with E-state index in [2.05, 4.69) is 20.9 Å². The van der Waals surface area contributed by atoms with Gasteiger partial charge in [-0.15, -0.1) is 0 Å². The van der Waals surface area contributed by atoms with Gasteiger partial charge in [-0.2, -0.15) is 0 Å². The molecule has 0 bridgehead atoms. The summed E-state index contributed by atoms with van der Waals surface area (Å²) in [6.45, 7) is 0.860. The van der Waals surface area contributed by atoms with E-state index >= 15 is 0 Å². The Kier molecular flexibility index (Phi) is 4.28. The number of likely N-dealkylation sites (tertiary alicyclic amines) is 1. The molecule has 1 saturated heterocycles. The molecule has 0 spiro atoms. The number of ether oxygens (including phenoxy) is 1. The first kappa shape index (κ1) is 15.5. The molecule has 0 N–H and O–H groups in total. The maximum Gasteiger partial charge on any atom is 0.433 e. The molecule has 3 heterocycles. The summed E-state index contributed by atoms with van der Waals surface area (Å²) in [6.07, 6.45) is 2.09. The number of furan rings is 1. The van der Waals surface area contributed by atoms with Crippen molar-refractivity contribution in [3.63, 3.8) is 0 Å². The summed E-state index contributed by atoms with van der Waals surface area (Å²) in [6, 6.07) is 6.08. The molecule has 1 amide bonds. The van der Waals surface area contributed by atoms with Crippen molar-refractivity contribution in [2.45, 2.75) is 12.5 Å². The Hall–Kier alpha value is -2.42. The van der Waals surface area contributed by atoms with E-state index in [-0.39, 0.29) is 17.8 Å². The number of rotatable bonds is 4.